The Hall–Kier alpha value is -2.91. The normalized spacial score (nSPS) is 10.6. The van der Waals surface area contributed by atoms with Crippen LogP contribution in [-0.4, -0.2) is 28.4 Å². The topological polar surface area (TPSA) is 69.9 Å². The van der Waals surface area contributed by atoms with Gasteiger partial charge in [0, 0.05) is 23.0 Å². The Bertz CT molecular complexity index is 1010. The zero-order valence-corrected chi connectivity index (χ0v) is 16.2. The lowest BCUT2D eigenvalue weighted by atomic mass is 10.1. The zero-order valence-electron chi connectivity index (χ0n) is 15.3. The number of nitriles is 1. The number of aryl methyl sites for hydroxylation is 2. The fourth-order valence-corrected chi connectivity index (χ4v) is 3.63. The van der Waals surface area contributed by atoms with Gasteiger partial charge in [-0.2, -0.15) is 10.4 Å². The molecule has 0 aliphatic heterocycles. The Morgan fingerprint density at radius 3 is 2.78 bits per heavy atom. The first-order valence-corrected chi connectivity index (χ1v) is 9.66. The van der Waals surface area contributed by atoms with Gasteiger partial charge in [0.25, 0.3) is 0 Å². The summed E-state index contributed by atoms with van der Waals surface area (Å²) in [6.07, 6.45) is 2.01. The van der Waals surface area contributed by atoms with E-state index in [0.717, 1.165) is 27.0 Å². The van der Waals surface area contributed by atoms with Crippen molar-refractivity contribution in [3.8, 4) is 6.07 Å². The quantitative estimate of drug-likeness (QED) is 0.600. The number of fused-ring (bicyclic) bond motifs is 1. The highest BCUT2D eigenvalue weighted by Gasteiger charge is 2.17. The molecular weight excluding hydrogens is 356 g/mol. The Kier molecular flexibility index (Phi) is 6.05. The van der Waals surface area contributed by atoms with Crippen molar-refractivity contribution >= 4 is 34.1 Å². The molecule has 0 aliphatic rings. The molecule has 0 saturated carbocycles. The number of benzene rings is 2. The lowest BCUT2D eigenvalue weighted by molar-refractivity contribution is -0.116. The molecule has 5 nitrogen and oxygen atoms in total. The molecule has 2 aromatic carbocycles. The van der Waals surface area contributed by atoms with Crippen LogP contribution in [-0.2, 0) is 4.79 Å². The van der Waals surface area contributed by atoms with Gasteiger partial charge in [-0.15, -0.1) is 5.10 Å². The van der Waals surface area contributed by atoms with E-state index in [1.165, 1.54) is 17.3 Å². The summed E-state index contributed by atoms with van der Waals surface area (Å²) >= 11 is 1.37. The monoisotopic (exact) mass is 376 g/mol. The number of anilines is 1. The van der Waals surface area contributed by atoms with Crippen molar-refractivity contribution in [3.63, 3.8) is 0 Å². The van der Waals surface area contributed by atoms with Crippen LogP contribution >= 0.6 is 11.8 Å². The van der Waals surface area contributed by atoms with E-state index < -0.39 is 0 Å². The first-order valence-electron chi connectivity index (χ1n) is 8.68. The molecule has 3 rings (SSSR count). The van der Waals surface area contributed by atoms with Crippen molar-refractivity contribution in [3.05, 3.63) is 59.8 Å². The van der Waals surface area contributed by atoms with Crippen molar-refractivity contribution < 1.29 is 4.79 Å². The molecule has 136 valence electrons. The highest BCUT2D eigenvalue weighted by atomic mass is 32.2. The third-order valence-electron chi connectivity index (χ3n) is 4.42. The molecule has 0 fully saturated rings. The second kappa shape index (κ2) is 8.65. The minimum absolute atomic E-state index is 0.0479. The highest BCUT2D eigenvalue weighted by Crippen LogP contribution is 2.26. The minimum Gasteiger partial charge on any atom is -0.311 e. The smallest absolute Gasteiger partial charge is 0.237 e. The van der Waals surface area contributed by atoms with E-state index in [2.05, 4.69) is 16.3 Å². The molecule has 1 amide bonds. The van der Waals surface area contributed by atoms with E-state index in [1.54, 1.807) is 11.1 Å². The maximum Gasteiger partial charge on any atom is 0.237 e. The number of carbonyl (C=O) groups is 1. The second-order valence-electron chi connectivity index (χ2n) is 6.25. The molecule has 1 aromatic heterocycles. The average molecular weight is 376 g/mol. The first kappa shape index (κ1) is 18.9. The molecule has 0 spiro atoms. The predicted molar refractivity (Wildman–Crippen MR) is 109 cm³/mol. The summed E-state index contributed by atoms with van der Waals surface area (Å²) in [4.78, 5) is 14.6. The first-order chi connectivity index (χ1) is 13.1. The molecule has 0 radical (unpaired) electrons. The highest BCUT2D eigenvalue weighted by molar-refractivity contribution is 8.00. The third-order valence-corrected chi connectivity index (χ3v) is 5.39. The van der Waals surface area contributed by atoms with Gasteiger partial charge in [0.1, 0.15) is 5.03 Å². The van der Waals surface area contributed by atoms with E-state index in [1.807, 2.05) is 56.3 Å². The molecule has 0 N–H and O–H groups in total. The fourth-order valence-electron chi connectivity index (χ4n) is 2.77. The van der Waals surface area contributed by atoms with Crippen LogP contribution in [0.4, 0.5) is 5.69 Å². The summed E-state index contributed by atoms with van der Waals surface area (Å²) in [5, 5.41) is 19.9. The van der Waals surface area contributed by atoms with Crippen LogP contribution in [0, 0.1) is 25.2 Å². The van der Waals surface area contributed by atoms with Crippen molar-refractivity contribution in [2.24, 2.45) is 0 Å². The maximum absolute atomic E-state index is 12.9. The van der Waals surface area contributed by atoms with Gasteiger partial charge in [-0.3, -0.25) is 4.79 Å². The summed E-state index contributed by atoms with van der Waals surface area (Å²) in [7, 11) is 0. The summed E-state index contributed by atoms with van der Waals surface area (Å²) in [6.45, 7) is 4.43. The van der Waals surface area contributed by atoms with Crippen molar-refractivity contribution in [1.82, 2.24) is 10.2 Å². The van der Waals surface area contributed by atoms with Crippen LogP contribution in [0.25, 0.3) is 10.8 Å². The van der Waals surface area contributed by atoms with Crippen molar-refractivity contribution in [2.75, 3.05) is 17.2 Å². The van der Waals surface area contributed by atoms with E-state index in [0.29, 0.717) is 6.54 Å². The van der Waals surface area contributed by atoms with Crippen LogP contribution in [0.5, 0.6) is 0 Å². The number of aromatic nitrogens is 2. The molecule has 3 aromatic rings. The van der Waals surface area contributed by atoms with Gasteiger partial charge in [0.2, 0.25) is 5.91 Å². The number of carbonyl (C=O) groups excluding carboxylic acids is 1. The Balaban J connectivity index is 1.80. The van der Waals surface area contributed by atoms with Gasteiger partial charge < -0.3 is 4.90 Å². The van der Waals surface area contributed by atoms with Crippen molar-refractivity contribution in [1.29, 1.82) is 5.26 Å². The maximum atomic E-state index is 12.9. The van der Waals surface area contributed by atoms with Gasteiger partial charge in [0.15, 0.2) is 0 Å². The van der Waals surface area contributed by atoms with Crippen LogP contribution < -0.4 is 4.90 Å². The molecule has 0 aliphatic carbocycles. The van der Waals surface area contributed by atoms with Gasteiger partial charge in [-0.05, 0) is 37.1 Å². The standard InChI is InChI=1S/C21H20N4OS/c1-15-8-9-18(12-16(15)2)25(11-5-10-22)20(26)14-27-21-19-7-4-3-6-17(19)13-23-24-21/h3-4,6-9,12-13H,5,11,14H2,1-2H3. The van der Waals surface area contributed by atoms with E-state index in [4.69, 9.17) is 5.26 Å². The number of rotatable bonds is 6. The SMILES string of the molecule is Cc1ccc(N(CCC#N)C(=O)CSc2nncc3ccccc23)cc1C. The number of hydrogen-bond acceptors (Lipinski definition) is 5. The summed E-state index contributed by atoms with van der Waals surface area (Å²) in [5.41, 5.74) is 3.12. The number of hydrogen-bond donors (Lipinski definition) is 0. The Morgan fingerprint density at radius 2 is 2.00 bits per heavy atom. The van der Waals surface area contributed by atoms with E-state index >= 15 is 0 Å². The summed E-state index contributed by atoms with van der Waals surface area (Å²) in [6, 6.07) is 15.9. The lowest BCUT2D eigenvalue weighted by Gasteiger charge is -2.22. The average Bonchev–Trinajstić information content (AvgIpc) is 2.69. The molecule has 1 heterocycles. The second-order valence-corrected chi connectivity index (χ2v) is 7.21. The molecule has 27 heavy (non-hydrogen) atoms. The molecular formula is C21H20N4OS. The molecule has 0 unspecified atom stereocenters. The van der Waals surface area contributed by atoms with Crippen LogP contribution in [0.3, 0.4) is 0 Å². The lowest BCUT2D eigenvalue weighted by Crippen LogP contribution is -2.33. The largest absolute Gasteiger partial charge is 0.311 e. The van der Waals surface area contributed by atoms with Crippen LogP contribution in [0.1, 0.15) is 17.5 Å². The summed E-state index contributed by atoms with van der Waals surface area (Å²) < 4.78 is 0. The van der Waals surface area contributed by atoms with Crippen LogP contribution in [0.15, 0.2) is 53.7 Å². The van der Waals surface area contributed by atoms with E-state index in [-0.39, 0.29) is 18.1 Å². The molecule has 0 saturated heterocycles. The molecule has 6 heteroatoms. The molecule has 0 atom stereocenters. The minimum atomic E-state index is -0.0479. The van der Waals surface area contributed by atoms with E-state index in [9.17, 15) is 4.79 Å². The number of amides is 1. The van der Waals surface area contributed by atoms with Gasteiger partial charge in [-0.1, -0.05) is 42.1 Å². The summed E-state index contributed by atoms with van der Waals surface area (Å²) in [5.74, 6) is 0.189. The molecule has 0 bridgehead atoms. The van der Waals surface area contributed by atoms with Gasteiger partial charge in [-0.25, -0.2) is 0 Å². The zero-order chi connectivity index (χ0) is 19.2. The number of thioether (sulfide) groups is 1. The number of nitrogens with zero attached hydrogens (tertiary/aromatic N) is 4. The Labute approximate surface area is 163 Å². The van der Waals surface area contributed by atoms with Crippen LogP contribution in [0.2, 0.25) is 0 Å². The Morgan fingerprint density at radius 1 is 1.19 bits per heavy atom. The third kappa shape index (κ3) is 4.44. The van der Waals surface area contributed by atoms with Gasteiger partial charge >= 0.3 is 0 Å². The predicted octanol–water partition coefficient (Wildman–Crippen LogP) is 4.29. The van der Waals surface area contributed by atoms with Crippen molar-refractivity contribution in [2.45, 2.75) is 25.3 Å². The fraction of sp³-hybridized carbons (Fsp3) is 0.238. The van der Waals surface area contributed by atoms with Gasteiger partial charge in [0.05, 0.1) is 24.4 Å².